The highest BCUT2D eigenvalue weighted by Gasteiger charge is 2.07. The Bertz CT molecular complexity index is 842. The monoisotopic (exact) mass is 319 g/mol. The lowest BCUT2D eigenvalue weighted by Gasteiger charge is -2.03. The predicted molar refractivity (Wildman–Crippen MR) is 85.2 cm³/mol. The molecule has 3 heterocycles. The fourth-order valence-corrected chi connectivity index (χ4v) is 3.43. The first-order valence-corrected chi connectivity index (χ1v) is 8.09. The van der Waals surface area contributed by atoms with Gasteiger partial charge in [-0.15, -0.1) is 10.2 Å². The minimum Gasteiger partial charge on any atom is -0.363 e. The molecule has 3 rings (SSSR count). The average Bonchev–Trinajstić information content (AvgIpc) is 2.94. The number of aromatic nitrogens is 4. The number of nitrogens with zero attached hydrogens (tertiary/aromatic N) is 4. The maximum atomic E-state index is 12.1. The van der Waals surface area contributed by atoms with Crippen LogP contribution in [0.15, 0.2) is 33.5 Å². The summed E-state index contributed by atoms with van der Waals surface area (Å²) in [6.45, 7) is 1.95. The summed E-state index contributed by atoms with van der Waals surface area (Å²) in [6.07, 6.45) is 1.80. The molecule has 0 atom stereocenters. The topological polar surface area (TPSA) is 72.2 Å². The molecule has 0 aliphatic heterocycles. The summed E-state index contributed by atoms with van der Waals surface area (Å²) in [7, 11) is 1.81. The molecule has 108 valence electrons. The van der Waals surface area contributed by atoms with Crippen molar-refractivity contribution in [1.29, 1.82) is 0 Å². The first-order valence-electron chi connectivity index (χ1n) is 6.29. The van der Waals surface area contributed by atoms with Crippen molar-refractivity contribution < 1.29 is 0 Å². The van der Waals surface area contributed by atoms with Gasteiger partial charge < -0.3 is 5.32 Å². The maximum Gasteiger partial charge on any atom is 0.258 e. The summed E-state index contributed by atoms with van der Waals surface area (Å²) in [5, 5.41) is 11.8. The zero-order chi connectivity index (χ0) is 14.8. The van der Waals surface area contributed by atoms with Crippen molar-refractivity contribution in [1.82, 2.24) is 19.6 Å². The molecule has 1 N–H and O–H groups in total. The van der Waals surface area contributed by atoms with E-state index in [1.54, 1.807) is 16.7 Å². The first-order chi connectivity index (χ1) is 10.2. The summed E-state index contributed by atoms with van der Waals surface area (Å²) in [4.78, 5) is 16.6. The molecule has 0 aromatic carbocycles. The fraction of sp³-hybridized carbons (Fsp3) is 0.231. The fourth-order valence-electron chi connectivity index (χ4n) is 1.84. The van der Waals surface area contributed by atoms with E-state index in [1.165, 1.54) is 23.1 Å². The van der Waals surface area contributed by atoms with Gasteiger partial charge in [0, 0.05) is 25.1 Å². The van der Waals surface area contributed by atoms with Crippen LogP contribution >= 0.6 is 23.1 Å². The maximum absolute atomic E-state index is 12.1. The Hall–Kier alpha value is -1.93. The molecular formula is C13H13N5OS2. The summed E-state index contributed by atoms with van der Waals surface area (Å²) in [5.74, 6) is 0.595. The van der Waals surface area contributed by atoms with Crippen molar-refractivity contribution in [3.63, 3.8) is 0 Å². The number of aryl methyl sites for hydroxylation is 1. The van der Waals surface area contributed by atoms with E-state index < -0.39 is 0 Å². The molecule has 0 spiro atoms. The van der Waals surface area contributed by atoms with Gasteiger partial charge in [-0.2, -0.15) is 0 Å². The second kappa shape index (κ2) is 5.82. The van der Waals surface area contributed by atoms with Crippen LogP contribution in [0, 0.1) is 6.92 Å². The number of pyridine rings is 1. The molecule has 3 aromatic heterocycles. The molecular weight excluding hydrogens is 306 g/mol. The number of anilines is 1. The Balaban J connectivity index is 1.84. The molecule has 0 radical (unpaired) electrons. The van der Waals surface area contributed by atoms with Gasteiger partial charge >= 0.3 is 0 Å². The standard InChI is InChI=1S/C13H13N5OS2/c1-8-3-4-10-15-9(5-11(19)18(10)6-8)7-20-13-17-16-12(14-2)21-13/h3-6H,7H2,1-2H3,(H,14,16). The molecule has 0 bridgehead atoms. The second-order valence-corrected chi connectivity index (χ2v) is 6.63. The Morgan fingerprint density at radius 2 is 2.24 bits per heavy atom. The normalized spacial score (nSPS) is 11.0. The Labute approximate surface area is 129 Å². The highest BCUT2D eigenvalue weighted by Crippen LogP contribution is 2.27. The van der Waals surface area contributed by atoms with E-state index in [0.717, 1.165) is 20.7 Å². The molecule has 6 nitrogen and oxygen atoms in total. The van der Waals surface area contributed by atoms with Crippen molar-refractivity contribution in [3.8, 4) is 0 Å². The number of nitrogens with one attached hydrogen (secondary N) is 1. The van der Waals surface area contributed by atoms with Crippen LogP contribution in [-0.4, -0.2) is 26.6 Å². The molecule has 0 aliphatic carbocycles. The van der Waals surface area contributed by atoms with Crippen molar-refractivity contribution in [3.05, 3.63) is 46.0 Å². The van der Waals surface area contributed by atoms with Gasteiger partial charge in [-0.3, -0.25) is 9.20 Å². The third-order valence-corrected chi connectivity index (χ3v) is 4.93. The number of thioether (sulfide) groups is 1. The Morgan fingerprint density at radius 3 is 3.00 bits per heavy atom. The summed E-state index contributed by atoms with van der Waals surface area (Å²) in [5.41, 5.74) is 2.38. The number of rotatable bonds is 4. The van der Waals surface area contributed by atoms with Gasteiger partial charge in [0.2, 0.25) is 5.13 Å². The highest BCUT2D eigenvalue weighted by molar-refractivity contribution is 8.00. The molecule has 0 saturated heterocycles. The minimum atomic E-state index is -0.0625. The molecule has 0 fully saturated rings. The molecule has 0 saturated carbocycles. The second-order valence-electron chi connectivity index (χ2n) is 4.43. The van der Waals surface area contributed by atoms with Gasteiger partial charge in [-0.1, -0.05) is 29.2 Å². The lowest BCUT2D eigenvalue weighted by Crippen LogP contribution is -2.15. The van der Waals surface area contributed by atoms with E-state index in [-0.39, 0.29) is 5.56 Å². The highest BCUT2D eigenvalue weighted by atomic mass is 32.2. The van der Waals surface area contributed by atoms with E-state index in [9.17, 15) is 4.79 Å². The van der Waals surface area contributed by atoms with Crippen LogP contribution in [0.25, 0.3) is 5.65 Å². The Kier molecular flexibility index (Phi) is 3.89. The van der Waals surface area contributed by atoms with Gasteiger partial charge in [0.05, 0.1) is 5.69 Å². The summed E-state index contributed by atoms with van der Waals surface area (Å²) in [6, 6.07) is 5.37. The quantitative estimate of drug-likeness (QED) is 0.743. The van der Waals surface area contributed by atoms with Crippen molar-refractivity contribution >= 4 is 33.9 Å². The predicted octanol–water partition coefficient (Wildman–Crippen LogP) is 2.19. The van der Waals surface area contributed by atoms with E-state index in [2.05, 4.69) is 20.5 Å². The minimum absolute atomic E-state index is 0.0625. The van der Waals surface area contributed by atoms with E-state index in [4.69, 9.17) is 0 Å². The van der Waals surface area contributed by atoms with Crippen molar-refractivity contribution in [2.24, 2.45) is 0 Å². The summed E-state index contributed by atoms with van der Waals surface area (Å²) >= 11 is 3.00. The first kappa shape index (κ1) is 14.0. The SMILES string of the molecule is CNc1nnc(SCc2cc(=O)n3cc(C)ccc3n2)s1. The van der Waals surface area contributed by atoms with Gasteiger partial charge in [0.25, 0.3) is 5.56 Å². The molecule has 0 unspecified atom stereocenters. The van der Waals surface area contributed by atoms with Gasteiger partial charge in [-0.25, -0.2) is 4.98 Å². The van der Waals surface area contributed by atoms with Crippen LogP contribution in [0.4, 0.5) is 5.13 Å². The molecule has 0 aliphatic rings. The third-order valence-electron chi connectivity index (χ3n) is 2.82. The number of hydrogen-bond donors (Lipinski definition) is 1. The van der Waals surface area contributed by atoms with Crippen LogP contribution in [0.5, 0.6) is 0 Å². The number of fused-ring (bicyclic) bond motifs is 1. The van der Waals surface area contributed by atoms with Crippen molar-refractivity contribution in [2.75, 3.05) is 12.4 Å². The van der Waals surface area contributed by atoms with Gasteiger partial charge in [0.15, 0.2) is 4.34 Å². The largest absolute Gasteiger partial charge is 0.363 e. The zero-order valence-corrected chi connectivity index (χ0v) is 13.2. The average molecular weight is 319 g/mol. The lowest BCUT2D eigenvalue weighted by atomic mass is 10.3. The van der Waals surface area contributed by atoms with E-state index in [0.29, 0.717) is 11.4 Å². The van der Waals surface area contributed by atoms with Crippen LogP contribution < -0.4 is 10.9 Å². The van der Waals surface area contributed by atoms with Crippen LogP contribution in [-0.2, 0) is 5.75 Å². The third kappa shape index (κ3) is 3.06. The van der Waals surface area contributed by atoms with Crippen LogP contribution in [0.3, 0.4) is 0 Å². The summed E-state index contributed by atoms with van der Waals surface area (Å²) < 4.78 is 2.42. The van der Waals surface area contributed by atoms with Crippen LogP contribution in [0.1, 0.15) is 11.3 Å². The Morgan fingerprint density at radius 1 is 1.38 bits per heavy atom. The van der Waals surface area contributed by atoms with Gasteiger partial charge in [0.1, 0.15) is 5.65 Å². The smallest absolute Gasteiger partial charge is 0.258 e. The van der Waals surface area contributed by atoms with Crippen LogP contribution in [0.2, 0.25) is 0 Å². The molecule has 3 aromatic rings. The van der Waals surface area contributed by atoms with Gasteiger partial charge in [-0.05, 0) is 18.6 Å². The molecule has 21 heavy (non-hydrogen) atoms. The number of hydrogen-bond acceptors (Lipinski definition) is 7. The lowest BCUT2D eigenvalue weighted by molar-refractivity contribution is 0.994. The molecule has 0 amide bonds. The zero-order valence-electron chi connectivity index (χ0n) is 11.5. The van der Waals surface area contributed by atoms with E-state index >= 15 is 0 Å². The van der Waals surface area contributed by atoms with Crippen molar-refractivity contribution in [2.45, 2.75) is 17.0 Å². The van der Waals surface area contributed by atoms with E-state index in [1.807, 2.05) is 26.1 Å². The molecule has 8 heteroatoms.